The predicted molar refractivity (Wildman–Crippen MR) is 85.4 cm³/mol. The molecular formula is C17H20FN3O2. The maximum atomic E-state index is 13.5. The molecule has 1 aromatic heterocycles. The molecule has 1 aromatic carbocycles. The Hall–Kier alpha value is -2.47. The summed E-state index contributed by atoms with van der Waals surface area (Å²) in [5.41, 5.74) is 1.77. The highest BCUT2D eigenvalue weighted by molar-refractivity contribution is 5.76. The molecule has 0 saturated carbocycles. The van der Waals surface area contributed by atoms with Gasteiger partial charge in [0.25, 0.3) is 0 Å². The summed E-state index contributed by atoms with van der Waals surface area (Å²) in [7, 11) is 1.43. The Labute approximate surface area is 134 Å². The molecule has 122 valence electrons. The van der Waals surface area contributed by atoms with Gasteiger partial charge in [-0.1, -0.05) is 12.1 Å². The van der Waals surface area contributed by atoms with E-state index in [4.69, 9.17) is 4.74 Å². The van der Waals surface area contributed by atoms with Crippen LogP contribution in [0.1, 0.15) is 17.5 Å². The first kappa shape index (κ1) is 16.9. The number of hydrogen-bond donors (Lipinski definition) is 2. The molecule has 0 aliphatic heterocycles. The molecule has 5 nitrogen and oxygen atoms in total. The standard InChI is InChI=1S/C17H20FN3O2/c1-23-16-5-4-13(9-15(16)18)10-20-8-6-17(22)21-12-14-3-2-7-19-11-14/h2-5,7,9,11,20H,6,8,10,12H2,1H3,(H,21,22). The van der Waals surface area contributed by atoms with Crippen molar-refractivity contribution in [1.82, 2.24) is 15.6 Å². The molecule has 0 fully saturated rings. The van der Waals surface area contributed by atoms with Crippen molar-refractivity contribution in [1.29, 1.82) is 0 Å². The molecule has 0 radical (unpaired) electrons. The molecule has 2 N–H and O–H groups in total. The van der Waals surface area contributed by atoms with Gasteiger partial charge in [0.2, 0.25) is 5.91 Å². The first-order valence-corrected chi connectivity index (χ1v) is 7.38. The van der Waals surface area contributed by atoms with E-state index in [1.165, 1.54) is 13.2 Å². The van der Waals surface area contributed by atoms with Gasteiger partial charge in [0, 0.05) is 38.4 Å². The van der Waals surface area contributed by atoms with Crippen LogP contribution < -0.4 is 15.4 Å². The summed E-state index contributed by atoms with van der Waals surface area (Å²) in [5, 5.41) is 5.94. The highest BCUT2D eigenvalue weighted by atomic mass is 19.1. The van der Waals surface area contributed by atoms with E-state index in [2.05, 4.69) is 15.6 Å². The molecule has 0 bridgehead atoms. The Morgan fingerprint density at radius 3 is 2.83 bits per heavy atom. The molecule has 0 spiro atoms. The lowest BCUT2D eigenvalue weighted by Crippen LogP contribution is -2.27. The zero-order valence-corrected chi connectivity index (χ0v) is 13.0. The maximum Gasteiger partial charge on any atom is 0.221 e. The van der Waals surface area contributed by atoms with Gasteiger partial charge in [0.15, 0.2) is 11.6 Å². The summed E-state index contributed by atoms with van der Waals surface area (Å²) >= 11 is 0. The molecule has 0 unspecified atom stereocenters. The largest absolute Gasteiger partial charge is 0.494 e. The van der Waals surface area contributed by atoms with Crippen LogP contribution in [-0.4, -0.2) is 24.5 Å². The number of halogens is 1. The van der Waals surface area contributed by atoms with Crippen molar-refractivity contribution in [3.63, 3.8) is 0 Å². The third-order valence-corrected chi connectivity index (χ3v) is 3.29. The van der Waals surface area contributed by atoms with Gasteiger partial charge in [-0.3, -0.25) is 9.78 Å². The topological polar surface area (TPSA) is 63.2 Å². The molecule has 2 rings (SSSR count). The summed E-state index contributed by atoms with van der Waals surface area (Å²) in [6.07, 6.45) is 3.77. The number of pyridine rings is 1. The van der Waals surface area contributed by atoms with Gasteiger partial charge >= 0.3 is 0 Å². The van der Waals surface area contributed by atoms with Crippen LogP contribution in [0.15, 0.2) is 42.7 Å². The van der Waals surface area contributed by atoms with Crippen LogP contribution in [0.4, 0.5) is 4.39 Å². The van der Waals surface area contributed by atoms with Gasteiger partial charge in [-0.05, 0) is 29.3 Å². The van der Waals surface area contributed by atoms with Crippen LogP contribution in [0, 0.1) is 5.82 Å². The van der Waals surface area contributed by atoms with E-state index in [1.54, 1.807) is 24.5 Å². The summed E-state index contributed by atoms with van der Waals surface area (Å²) in [6.45, 7) is 1.49. The lowest BCUT2D eigenvalue weighted by molar-refractivity contribution is -0.121. The minimum absolute atomic E-state index is 0.0396. The van der Waals surface area contributed by atoms with Crippen molar-refractivity contribution in [2.24, 2.45) is 0 Å². The lowest BCUT2D eigenvalue weighted by Gasteiger charge is -2.08. The van der Waals surface area contributed by atoms with Crippen LogP contribution in [0.2, 0.25) is 0 Å². The first-order chi connectivity index (χ1) is 11.2. The molecule has 23 heavy (non-hydrogen) atoms. The fourth-order valence-electron chi connectivity index (χ4n) is 2.05. The third kappa shape index (κ3) is 5.67. The smallest absolute Gasteiger partial charge is 0.221 e. The minimum atomic E-state index is -0.388. The van der Waals surface area contributed by atoms with E-state index in [1.807, 2.05) is 12.1 Å². The van der Waals surface area contributed by atoms with Crippen molar-refractivity contribution in [3.05, 3.63) is 59.7 Å². The number of carbonyl (C=O) groups is 1. The number of aromatic nitrogens is 1. The predicted octanol–water partition coefficient (Wildman–Crippen LogP) is 2.03. The van der Waals surface area contributed by atoms with E-state index in [9.17, 15) is 9.18 Å². The van der Waals surface area contributed by atoms with Crippen LogP contribution in [0.3, 0.4) is 0 Å². The highest BCUT2D eigenvalue weighted by Crippen LogP contribution is 2.17. The third-order valence-electron chi connectivity index (χ3n) is 3.29. The summed E-state index contributed by atoms with van der Waals surface area (Å²) < 4.78 is 18.4. The van der Waals surface area contributed by atoms with E-state index >= 15 is 0 Å². The number of methoxy groups -OCH3 is 1. The molecule has 6 heteroatoms. The number of carbonyl (C=O) groups excluding carboxylic acids is 1. The average Bonchev–Trinajstić information content (AvgIpc) is 2.58. The van der Waals surface area contributed by atoms with Crippen molar-refractivity contribution >= 4 is 5.91 Å². The number of rotatable bonds is 8. The SMILES string of the molecule is COc1ccc(CNCCC(=O)NCc2cccnc2)cc1F. The first-order valence-electron chi connectivity index (χ1n) is 7.38. The lowest BCUT2D eigenvalue weighted by atomic mass is 10.2. The molecule has 0 aliphatic rings. The van der Waals surface area contributed by atoms with Gasteiger partial charge in [0.1, 0.15) is 0 Å². The van der Waals surface area contributed by atoms with Gasteiger partial charge < -0.3 is 15.4 Å². The number of benzene rings is 1. The zero-order chi connectivity index (χ0) is 16.5. The monoisotopic (exact) mass is 317 g/mol. The second-order valence-corrected chi connectivity index (χ2v) is 5.03. The molecule has 0 saturated heterocycles. The molecule has 2 aromatic rings. The maximum absolute atomic E-state index is 13.5. The van der Waals surface area contributed by atoms with E-state index in [-0.39, 0.29) is 17.5 Å². The fourth-order valence-corrected chi connectivity index (χ4v) is 2.05. The zero-order valence-electron chi connectivity index (χ0n) is 13.0. The number of hydrogen-bond acceptors (Lipinski definition) is 4. The van der Waals surface area contributed by atoms with Crippen LogP contribution in [0.5, 0.6) is 5.75 Å². The Bertz CT molecular complexity index is 635. The van der Waals surface area contributed by atoms with Gasteiger partial charge in [-0.2, -0.15) is 0 Å². The second kappa shape index (κ2) is 8.85. The van der Waals surface area contributed by atoms with Crippen LogP contribution in [0.25, 0.3) is 0 Å². The Morgan fingerprint density at radius 1 is 1.26 bits per heavy atom. The number of nitrogens with zero attached hydrogens (tertiary/aromatic N) is 1. The van der Waals surface area contributed by atoms with E-state index in [0.717, 1.165) is 11.1 Å². The fraction of sp³-hybridized carbons (Fsp3) is 0.294. The van der Waals surface area contributed by atoms with Crippen LogP contribution >= 0.6 is 0 Å². The Balaban J connectivity index is 1.65. The van der Waals surface area contributed by atoms with Gasteiger partial charge in [-0.25, -0.2) is 4.39 Å². The molecule has 0 aliphatic carbocycles. The number of nitrogens with one attached hydrogen (secondary N) is 2. The molecule has 0 atom stereocenters. The van der Waals surface area contributed by atoms with Crippen molar-refractivity contribution in [2.75, 3.05) is 13.7 Å². The summed E-state index contributed by atoms with van der Waals surface area (Å²) in [4.78, 5) is 15.7. The highest BCUT2D eigenvalue weighted by Gasteiger charge is 2.04. The van der Waals surface area contributed by atoms with Crippen LogP contribution in [-0.2, 0) is 17.9 Å². The molecule has 1 amide bonds. The minimum Gasteiger partial charge on any atom is -0.494 e. The van der Waals surface area contributed by atoms with Gasteiger partial charge in [-0.15, -0.1) is 0 Å². The number of amides is 1. The normalized spacial score (nSPS) is 10.3. The van der Waals surface area contributed by atoms with Crippen molar-refractivity contribution in [3.8, 4) is 5.75 Å². The number of ether oxygens (including phenoxy) is 1. The molecular weight excluding hydrogens is 297 g/mol. The van der Waals surface area contributed by atoms with Crippen molar-refractivity contribution in [2.45, 2.75) is 19.5 Å². The quantitative estimate of drug-likeness (QED) is 0.731. The van der Waals surface area contributed by atoms with E-state index in [0.29, 0.717) is 26.1 Å². The van der Waals surface area contributed by atoms with E-state index < -0.39 is 0 Å². The Morgan fingerprint density at radius 2 is 2.13 bits per heavy atom. The summed E-state index contributed by atoms with van der Waals surface area (Å²) in [5.74, 6) is -0.202. The Kier molecular flexibility index (Phi) is 6.50. The molecule has 1 heterocycles. The van der Waals surface area contributed by atoms with Gasteiger partial charge in [0.05, 0.1) is 7.11 Å². The summed E-state index contributed by atoms with van der Waals surface area (Å²) in [6, 6.07) is 8.54. The second-order valence-electron chi connectivity index (χ2n) is 5.03. The average molecular weight is 317 g/mol. The van der Waals surface area contributed by atoms with Crippen molar-refractivity contribution < 1.29 is 13.9 Å².